The average Bonchev–Trinajstić information content (AvgIpc) is 2.74. The van der Waals surface area contributed by atoms with Gasteiger partial charge in [-0.25, -0.2) is 23.4 Å². The molecule has 156 valence electrons. The van der Waals surface area contributed by atoms with Crippen LogP contribution in [-0.2, 0) is 16.4 Å². The quantitative estimate of drug-likeness (QED) is 0.660. The molecule has 1 aromatic carbocycles. The molecular formula is C22H25N5O2S. The Bertz CT molecular complexity index is 1220. The number of sulfonamides is 1. The Kier molecular flexibility index (Phi) is 4.81. The van der Waals surface area contributed by atoms with Crippen molar-refractivity contribution in [2.45, 2.75) is 51.5 Å². The third kappa shape index (κ3) is 3.84. The minimum Gasteiger partial charge on any atom is -0.351 e. The molecule has 7 nitrogen and oxygen atoms in total. The molecule has 2 N–H and O–H groups in total. The van der Waals surface area contributed by atoms with Gasteiger partial charge in [0.2, 0.25) is 16.0 Å². The lowest BCUT2D eigenvalue weighted by Gasteiger charge is -2.22. The molecule has 1 aliphatic heterocycles. The van der Waals surface area contributed by atoms with Crippen molar-refractivity contribution in [3.05, 3.63) is 41.6 Å². The summed E-state index contributed by atoms with van der Waals surface area (Å²) in [6.45, 7) is 2.04. The summed E-state index contributed by atoms with van der Waals surface area (Å²) in [5, 5.41) is 3.48. The smallest absolute Gasteiger partial charge is 0.233 e. The molecule has 30 heavy (non-hydrogen) atoms. The van der Waals surface area contributed by atoms with Gasteiger partial charge in [0, 0.05) is 11.6 Å². The van der Waals surface area contributed by atoms with E-state index in [2.05, 4.69) is 15.0 Å². The van der Waals surface area contributed by atoms with Crippen molar-refractivity contribution in [1.29, 1.82) is 0 Å². The van der Waals surface area contributed by atoms with E-state index in [0.29, 0.717) is 24.1 Å². The van der Waals surface area contributed by atoms with Crippen molar-refractivity contribution >= 4 is 32.7 Å². The number of fused-ring (bicyclic) bond motifs is 2. The fourth-order valence-corrected chi connectivity index (χ4v) is 5.48. The third-order valence-electron chi connectivity index (χ3n) is 5.98. The van der Waals surface area contributed by atoms with Crippen LogP contribution in [0.25, 0.3) is 22.3 Å². The molecule has 2 aromatic heterocycles. The van der Waals surface area contributed by atoms with Crippen molar-refractivity contribution in [3.63, 3.8) is 0 Å². The zero-order chi connectivity index (χ0) is 20.7. The maximum absolute atomic E-state index is 11.8. The zero-order valence-corrected chi connectivity index (χ0v) is 17.8. The van der Waals surface area contributed by atoms with Crippen LogP contribution in [0, 0.1) is 6.92 Å². The van der Waals surface area contributed by atoms with Gasteiger partial charge >= 0.3 is 0 Å². The van der Waals surface area contributed by atoms with E-state index in [1.165, 1.54) is 32.1 Å². The van der Waals surface area contributed by atoms with Gasteiger partial charge in [-0.05, 0) is 55.5 Å². The van der Waals surface area contributed by atoms with Crippen LogP contribution in [0.2, 0.25) is 0 Å². The molecule has 0 saturated heterocycles. The van der Waals surface area contributed by atoms with Crippen molar-refractivity contribution in [1.82, 2.24) is 15.0 Å². The van der Waals surface area contributed by atoms with E-state index in [0.717, 1.165) is 33.4 Å². The summed E-state index contributed by atoms with van der Waals surface area (Å²) in [7, 11) is -3.21. The molecule has 0 spiro atoms. The van der Waals surface area contributed by atoms with Gasteiger partial charge in [-0.15, -0.1) is 0 Å². The summed E-state index contributed by atoms with van der Waals surface area (Å²) in [5.41, 5.74) is 6.12. The second-order valence-corrected chi connectivity index (χ2v) is 10.1. The standard InChI is InChI=1S/C22H25N5O2S/c1-14-11-19(15-7-8-18-16(12-15)9-10-30(28,29)27-18)25-20-13-23-22(26-21(14)20)24-17-5-3-2-4-6-17/h7-8,11-13,17,27H,2-6,9-10H2,1H3,(H,23,24,26). The number of benzene rings is 1. The van der Waals surface area contributed by atoms with Crippen molar-refractivity contribution in [2.24, 2.45) is 0 Å². The van der Waals surface area contributed by atoms with Gasteiger partial charge in [-0.1, -0.05) is 25.3 Å². The fourth-order valence-electron chi connectivity index (χ4n) is 4.35. The monoisotopic (exact) mass is 423 g/mol. The predicted molar refractivity (Wildman–Crippen MR) is 119 cm³/mol. The molecule has 5 rings (SSSR count). The Morgan fingerprint density at radius 3 is 2.77 bits per heavy atom. The Morgan fingerprint density at radius 2 is 1.93 bits per heavy atom. The molecule has 1 aliphatic carbocycles. The van der Waals surface area contributed by atoms with Crippen LogP contribution < -0.4 is 10.0 Å². The number of anilines is 2. The molecule has 0 amide bonds. The minimum atomic E-state index is -3.21. The van der Waals surface area contributed by atoms with E-state index in [-0.39, 0.29) is 5.75 Å². The van der Waals surface area contributed by atoms with E-state index in [4.69, 9.17) is 9.97 Å². The van der Waals surface area contributed by atoms with Crippen molar-refractivity contribution in [2.75, 3.05) is 15.8 Å². The number of hydrogen-bond acceptors (Lipinski definition) is 6. The number of hydrogen-bond donors (Lipinski definition) is 2. The van der Waals surface area contributed by atoms with Crippen LogP contribution >= 0.6 is 0 Å². The van der Waals surface area contributed by atoms with Gasteiger partial charge in [0.25, 0.3) is 0 Å². The van der Waals surface area contributed by atoms with Gasteiger partial charge in [-0.3, -0.25) is 4.72 Å². The van der Waals surface area contributed by atoms with Gasteiger partial charge < -0.3 is 5.32 Å². The van der Waals surface area contributed by atoms with Crippen molar-refractivity contribution < 1.29 is 8.42 Å². The molecule has 1 saturated carbocycles. The number of nitrogens with zero attached hydrogens (tertiary/aromatic N) is 3. The van der Waals surface area contributed by atoms with Gasteiger partial charge in [0.15, 0.2) is 0 Å². The second-order valence-electron chi connectivity index (χ2n) is 8.27. The molecule has 3 heterocycles. The highest BCUT2D eigenvalue weighted by atomic mass is 32.2. The Balaban J connectivity index is 1.45. The first-order chi connectivity index (χ1) is 14.5. The summed E-state index contributed by atoms with van der Waals surface area (Å²) in [6.07, 6.45) is 8.48. The molecule has 1 fully saturated rings. The molecule has 2 aliphatic rings. The summed E-state index contributed by atoms with van der Waals surface area (Å²) >= 11 is 0. The normalized spacial score (nSPS) is 18.6. The molecule has 3 aromatic rings. The Morgan fingerprint density at radius 1 is 1.10 bits per heavy atom. The minimum absolute atomic E-state index is 0.109. The summed E-state index contributed by atoms with van der Waals surface area (Å²) in [5.74, 6) is 0.784. The lowest BCUT2D eigenvalue weighted by molar-refractivity contribution is 0.461. The van der Waals surface area contributed by atoms with E-state index >= 15 is 0 Å². The van der Waals surface area contributed by atoms with E-state index in [1.54, 1.807) is 6.20 Å². The largest absolute Gasteiger partial charge is 0.351 e. The molecule has 0 bridgehead atoms. The van der Waals surface area contributed by atoms with Gasteiger partial charge in [0.05, 0.1) is 28.8 Å². The van der Waals surface area contributed by atoms with Crippen LogP contribution in [0.4, 0.5) is 11.6 Å². The summed E-state index contributed by atoms with van der Waals surface area (Å²) in [6, 6.07) is 8.23. The summed E-state index contributed by atoms with van der Waals surface area (Å²) in [4.78, 5) is 14.0. The van der Waals surface area contributed by atoms with E-state index < -0.39 is 10.0 Å². The SMILES string of the molecule is Cc1cc(-c2ccc3c(c2)CCS(=O)(=O)N3)nc2cnc(NC3CCCCC3)nc12. The maximum Gasteiger partial charge on any atom is 0.233 e. The number of aryl methyl sites for hydroxylation is 2. The lowest BCUT2D eigenvalue weighted by Crippen LogP contribution is -2.24. The maximum atomic E-state index is 11.8. The number of rotatable bonds is 3. The van der Waals surface area contributed by atoms with Gasteiger partial charge in [0.1, 0.15) is 5.52 Å². The lowest BCUT2D eigenvalue weighted by atomic mass is 9.96. The van der Waals surface area contributed by atoms with Crippen molar-refractivity contribution in [3.8, 4) is 11.3 Å². The highest BCUT2D eigenvalue weighted by molar-refractivity contribution is 7.92. The number of aromatic nitrogens is 3. The van der Waals surface area contributed by atoms with Crippen LogP contribution in [0.1, 0.15) is 43.2 Å². The molecule has 8 heteroatoms. The van der Waals surface area contributed by atoms with Gasteiger partial charge in [-0.2, -0.15) is 0 Å². The topological polar surface area (TPSA) is 96.9 Å². The predicted octanol–water partition coefficient (Wildman–Crippen LogP) is 4.04. The van der Waals surface area contributed by atoms with E-state index in [9.17, 15) is 8.42 Å². The number of pyridine rings is 1. The third-order valence-corrected chi connectivity index (χ3v) is 7.25. The highest BCUT2D eigenvalue weighted by Gasteiger charge is 2.21. The molecule has 0 atom stereocenters. The average molecular weight is 424 g/mol. The molecule has 0 unspecified atom stereocenters. The number of nitrogens with one attached hydrogen (secondary N) is 2. The van der Waals surface area contributed by atoms with Crippen LogP contribution in [0.3, 0.4) is 0 Å². The molecular weight excluding hydrogens is 398 g/mol. The second kappa shape index (κ2) is 7.50. The van der Waals surface area contributed by atoms with Crippen LogP contribution in [0.15, 0.2) is 30.5 Å². The molecule has 0 radical (unpaired) electrons. The first-order valence-electron chi connectivity index (χ1n) is 10.5. The first kappa shape index (κ1) is 19.2. The summed E-state index contributed by atoms with van der Waals surface area (Å²) < 4.78 is 26.2. The van der Waals surface area contributed by atoms with Crippen LogP contribution in [0.5, 0.6) is 0 Å². The highest BCUT2D eigenvalue weighted by Crippen LogP contribution is 2.30. The first-order valence-corrected chi connectivity index (χ1v) is 12.2. The Labute approximate surface area is 176 Å². The zero-order valence-electron chi connectivity index (χ0n) is 17.0. The Hall–Kier alpha value is -2.74. The fraction of sp³-hybridized carbons (Fsp3) is 0.409. The van der Waals surface area contributed by atoms with Crippen LogP contribution in [-0.4, -0.2) is 35.2 Å². The van der Waals surface area contributed by atoms with E-state index in [1.807, 2.05) is 31.2 Å².